The van der Waals surface area contributed by atoms with Crippen LogP contribution in [0, 0.1) is 23.2 Å². The van der Waals surface area contributed by atoms with Crippen molar-refractivity contribution in [3.8, 4) is 0 Å². The van der Waals surface area contributed by atoms with Crippen LogP contribution < -0.4 is 5.26 Å². The molecule has 22 heavy (non-hydrogen) atoms. The molecule has 1 N–H and O–H groups in total. The Morgan fingerprint density at radius 3 is 2.55 bits per heavy atom. The Morgan fingerprint density at radius 1 is 1.32 bits per heavy atom. The summed E-state index contributed by atoms with van der Waals surface area (Å²) in [6, 6.07) is 0. The predicted octanol–water partition coefficient (Wildman–Crippen LogP) is 1.18. The quantitative estimate of drug-likeness (QED) is 0.336. The summed E-state index contributed by atoms with van der Waals surface area (Å²) < 4.78 is 34.9. The molecule has 0 amide bonds. The first-order valence-corrected chi connectivity index (χ1v) is 7.98. The second-order valence-corrected chi connectivity index (χ2v) is 7.54. The molecule has 4 saturated carbocycles. The average Bonchev–Trinajstić information content (AvgIpc) is 2.47. The van der Waals surface area contributed by atoms with E-state index in [1.165, 1.54) is 0 Å². The fraction of sp³-hybridized carbons (Fsp3) is 0.923. The summed E-state index contributed by atoms with van der Waals surface area (Å²) in [5.41, 5.74) is -0.610. The molecule has 126 valence electrons. The van der Waals surface area contributed by atoms with Crippen LogP contribution in [0.2, 0.25) is 0 Å². The summed E-state index contributed by atoms with van der Waals surface area (Å²) >= 11 is -0.701. The van der Waals surface area contributed by atoms with Crippen molar-refractivity contribution < 1.29 is 38.0 Å². The fourth-order valence-electron chi connectivity index (χ4n) is 4.77. The number of halogens is 2. The summed E-state index contributed by atoms with van der Waals surface area (Å²) in [5.74, 6) is -0.659. The molecule has 0 aromatic carbocycles. The molecule has 0 radical (unpaired) electrons. The smallest absolute Gasteiger partial charge is 0.415 e. The number of hydrogen-bond acceptors (Lipinski definition) is 7. The van der Waals surface area contributed by atoms with E-state index >= 15 is 0 Å². The van der Waals surface area contributed by atoms with Crippen molar-refractivity contribution in [2.24, 2.45) is 23.2 Å². The minimum Gasteiger partial charge on any atom is -0.691 e. The van der Waals surface area contributed by atoms with Crippen LogP contribution in [0.25, 0.3) is 0 Å². The van der Waals surface area contributed by atoms with Crippen molar-refractivity contribution in [2.45, 2.75) is 43.5 Å². The Morgan fingerprint density at radius 2 is 1.95 bits per heavy atom. The maximum absolute atomic E-state index is 13.3. The molecule has 0 aromatic heterocycles. The summed E-state index contributed by atoms with van der Waals surface area (Å²) in [5, 5.41) is 18.8. The topological polar surface area (TPSA) is 88.1 Å². The van der Waals surface area contributed by atoms with Crippen molar-refractivity contribution in [3.05, 3.63) is 0 Å². The van der Waals surface area contributed by atoms with E-state index in [9.17, 15) is 23.9 Å². The molecule has 0 heterocycles. The zero-order valence-corrected chi connectivity index (χ0v) is 12.5. The molecule has 6 nitrogen and oxygen atoms in total. The molecule has 9 heteroatoms. The summed E-state index contributed by atoms with van der Waals surface area (Å²) in [6.07, 6.45) is 3.83. The Hall–Kier alpha value is -0.480. The van der Waals surface area contributed by atoms with Gasteiger partial charge in [-0.3, -0.25) is 5.04 Å². The van der Waals surface area contributed by atoms with E-state index in [-0.39, 0.29) is 12.5 Å². The highest BCUT2D eigenvalue weighted by Gasteiger charge is 2.57. The van der Waals surface area contributed by atoms with E-state index in [0.29, 0.717) is 24.7 Å². The second-order valence-electron chi connectivity index (χ2n) is 6.73. The standard InChI is InChI=1S/C13H18F2O6S/c14-13(15,22-21-20-18)11(17)19-6-12-4-7-1-8(5-12)3-9(2-7)10(12)16/h7-10,16,18H,1-6H2/p-1. The van der Waals surface area contributed by atoms with Crippen molar-refractivity contribution in [1.82, 2.24) is 0 Å². The number of alkyl halides is 2. The summed E-state index contributed by atoms with van der Waals surface area (Å²) in [4.78, 5) is 11.5. The van der Waals surface area contributed by atoms with Gasteiger partial charge in [0.1, 0.15) is 12.0 Å². The lowest BCUT2D eigenvalue weighted by Crippen LogP contribution is -2.58. The molecule has 4 bridgehead atoms. The Bertz CT molecular complexity index is 434. The van der Waals surface area contributed by atoms with E-state index in [4.69, 9.17) is 4.74 Å². The lowest BCUT2D eigenvalue weighted by atomic mass is 9.48. The van der Waals surface area contributed by atoms with E-state index < -0.39 is 34.8 Å². The van der Waals surface area contributed by atoms with Gasteiger partial charge in [0.2, 0.25) is 0 Å². The molecule has 0 saturated heterocycles. The molecular formula is C13H17F2O6S-. The van der Waals surface area contributed by atoms with Crippen molar-refractivity contribution in [2.75, 3.05) is 6.61 Å². The Balaban J connectivity index is 1.62. The third-order valence-electron chi connectivity index (χ3n) is 5.30. The normalized spacial score (nSPS) is 40.0. The molecule has 0 aromatic rings. The molecule has 3 atom stereocenters. The van der Waals surface area contributed by atoms with Gasteiger partial charge in [-0.15, -0.1) is 0 Å². The molecule has 4 aliphatic rings. The molecule has 0 aliphatic heterocycles. The van der Waals surface area contributed by atoms with Crippen LogP contribution in [0.5, 0.6) is 0 Å². The molecule has 4 rings (SSSR count). The van der Waals surface area contributed by atoms with Crippen LogP contribution in [0.15, 0.2) is 0 Å². The molecule has 4 aliphatic carbocycles. The fourth-order valence-corrected chi connectivity index (χ4v) is 5.01. The van der Waals surface area contributed by atoms with E-state index in [1.807, 2.05) is 0 Å². The SMILES string of the molecule is O=C(OCC12CC3CC(CC(C3)C1O)C2)C(F)(F)SOO[O-]. The molecular weight excluding hydrogens is 322 g/mol. The summed E-state index contributed by atoms with van der Waals surface area (Å²) in [7, 11) is 0. The number of aliphatic hydroxyl groups excluding tert-OH is 1. The number of ether oxygens (including phenoxy) is 1. The van der Waals surface area contributed by atoms with Gasteiger partial charge in [-0.1, -0.05) is 0 Å². The number of carbonyl (C=O) groups excluding carboxylic acids is 1. The minimum atomic E-state index is -4.03. The van der Waals surface area contributed by atoms with Crippen LogP contribution >= 0.6 is 12.0 Å². The van der Waals surface area contributed by atoms with Gasteiger partial charge in [-0.25, -0.2) is 4.79 Å². The van der Waals surface area contributed by atoms with E-state index in [0.717, 1.165) is 19.3 Å². The third kappa shape index (κ3) is 2.84. The number of rotatable bonds is 6. The number of carbonyl (C=O) groups is 1. The van der Waals surface area contributed by atoms with Gasteiger partial charge in [0.15, 0.2) is 0 Å². The van der Waals surface area contributed by atoms with Crippen molar-refractivity contribution in [3.63, 3.8) is 0 Å². The highest BCUT2D eigenvalue weighted by molar-refractivity contribution is 7.96. The maximum Gasteiger partial charge on any atom is 0.415 e. The first-order valence-electron chi connectivity index (χ1n) is 7.24. The first kappa shape index (κ1) is 16.4. The van der Waals surface area contributed by atoms with Gasteiger partial charge in [0.05, 0.1) is 12.7 Å². The zero-order chi connectivity index (χ0) is 16.0. The Labute approximate surface area is 130 Å². The largest absolute Gasteiger partial charge is 0.691 e. The monoisotopic (exact) mass is 339 g/mol. The van der Waals surface area contributed by atoms with Gasteiger partial charge in [-0.05, 0) is 49.9 Å². The highest BCUT2D eigenvalue weighted by Crippen LogP contribution is 2.60. The maximum atomic E-state index is 13.3. The highest BCUT2D eigenvalue weighted by atomic mass is 32.2. The number of aliphatic hydroxyl groups is 1. The number of esters is 1. The van der Waals surface area contributed by atoms with Crippen molar-refractivity contribution in [1.29, 1.82) is 0 Å². The Kier molecular flexibility index (Phi) is 4.36. The molecule has 0 spiro atoms. The predicted molar refractivity (Wildman–Crippen MR) is 67.7 cm³/mol. The van der Waals surface area contributed by atoms with Crippen LogP contribution in [-0.4, -0.2) is 29.0 Å². The molecule has 3 unspecified atom stereocenters. The van der Waals surface area contributed by atoms with Crippen LogP contribution in [-0.2, 0) is 18.9 Å². The average molecular weight is 339 g/mol. The lowest BCUT2D eigenvalue weighted by Gasteiger charge is -2.59. The minimum absolute atomic E-state index is 0.178. The third-order valence-corrected chi connectivity index (χ3v) is 5.80. The van der Waals surface area contributed by atoms with Gasteiger partial charge < -0.3 is 15.1 Å². The second kappa shape index (κ2) is 5.86. The van der Waals surface area contributed by atoms with E-state index in [2.05, 4.69) is 9.37 Å². The first-order chi connectivity index (χ1) is 10.4. The molecule has 4 fully saturated rings. The lowest BCUT2D eigenvalue weighted by molar-refractivity contribution is -0.777. The zero-order valence-electron chi connectivity index (χ0n) is 11.7. The number of hydrogen-bond donors (Lipinski definition) is 1. The van der Waals surface area contributed by atoms with Crippen LogP contribution in [0.3, 0.4) is 0 Å². The van der Waals surface area contributed by atoms with Gasteiger partial charge in [-0.2, -0.15) is 13.1 Å². The van der Waals surface area contributed by atoms with Gasteiger partial charge in [0, 0.05) is 5.41 Å². The van der Waals surface area contributed by atoms with Gasteiger partial charge in [0.25, 0.3) is 0 Å². The van der Waals surface area contributed by atoms with Crippen LogP contribution in [0.1, 0.15) is 32.1 Å². The summed E-state index contributed by atoms with van der Waals surface area (Å²) in [6.45, 7) is -0.231. The van der Waals surface area contributed by atoms with E-state index in [1.54, 1.807) is 0 Å². The van der Waals surface area contributed by atoms with Crippen LogP contribution in [0.4, 0.5) is 8.78 Å². The van der Waals surface area contributed by atoms with Gasteiger partial charge >= 0.3 is 11.2 Å². The van der Waals surface area contributed by atoms with Crippen molar-refractivity contribution >= 4 is 18.0 Å².